The molecule has 2 atom stereocenters. The van der Waals surface area contributed by atoms with Crippen LogP contribution in [0.25, 0.3) is 0 Å². The minimum Gasteiger partial charge on any atom is -0.466 e. The van der Waals surface area contributed by atoms with E-state index >= 15 is 0 Å². The highest BCUT2D eigenvalue weighted by Crippen LogP contribution is 2.19. The Labute approximate surface area is 469 Å². The van der Waals surface area contributed by atoms with Gasteiger partial charge in [-0.1, -0.05) is 360 Å². The van der Waals surface area contributed by atoms with Gasteiger partial charge in [0.15, 0.2) is 0 Å². The molecule has 0 aliphatic rings. The molecule has 1 amide bonds. The maximum Gasteiger partial charge on any atom is 0.305 e. The summed E-state index contributed by atoms with van der Waals surface area (Å²) < 4.78 is 5.51. The van der Waals surface area contributed by atoms with Crippen molar-refractivity contribution in [3.05, 3.63) is 12.2 Å². The number of aliphatic hydroxyl groups excluding tert-OH is 2. The summed E-state index contributed by atoms with van der Waals surface area (Å²) in [6.45, 7) is 4.93. The molecule has 0 radical (unpaired) electrons. The van der Waals surface area contributed by atoms with Gasteiger partial charge < -0.3 is 20.3 Å². The first-order valence-corrected chi connectivity index (χ1v) is 34.5. The van der Waals surface area contributed by atoms with Gasteiger partial charge in [-0.05, 0) is 32.1 Å². The van der Waals surface area contributed by atoms with Crippen molar-refractivity contribution in [1.82, 2.24) is 5.32 Å². The zero-order valence-corrected chi connectivity index (χ0v) is 51.1. The average molecular weight is 1060 g/mol. The van der Waals surface area contributed by atoms with Crippen LogP contribution in [0.1, 0.15) is 393 Å². The van der Waals surface area contributed by atoms with Gasteiger partial charge in [-0.2, -0.15) is 0 Å². The molecule has 2 unspecified atom stereocenters. The predicted octanol–water partition coefficient (Wildman–Crippen LogP) is 22.0. The lowest BCUT2D eigenvalue weighted by atomic mass is 10.0. The number of esters is 1. The molecule has 0 aliphatic heterocycles. The number of carbonyl (C=O) groups is 2. The van der Waals surface area contributed by atoms with E-state index in [0.29, 0.717) is 19.4 Å². The Morgan fingerprint density at radius 1 is 0.360 bits per heavy atom. The monoisotopic (exact) mass is 1060 g/mol. The number of aliphatic hydroxyl groups is 2. The molecule has 0 spiro atoms. The lowest BCUT2D eigenvalue weighted by Gasteiger charge is -2.20. The summed E-state index contributed by atoms with van der Waals surface area (Å²) in [5, 5.41) is 23.1. The molecular weight excluding hydrogens is 923 g/mol. The average Bonchev–Trinajstić information content (AvgIpc) is 3.41. The van der Waals surface area contributed by atoms with Gasteiger partial charge in [0, 0.05) is 12.8 Å². The summed E-state index contributed by atoms with van der Waals surface area (Å²) in [5.41, 5.74) is 0. The van der Waals surface area contributed by atoms with E-state index in [-0.39, 0.29) is 18.5 Å². The molecule has 75 heavy (non-hydrogen) atoms. The second-order valence-electron chi connectivity index (χ2n) is 23.9. The summed E-state index contributed by atoms with van der Waals surface area (Å²) in [6, 6.07) is -0.623. The van der Waals surface area contributed by atoms with E-state index in [1.807, 2.05) is 6.08 Å². The molecule has 0 saturated carbocycles. The quantitative estimate of drug-likeness (QED) is 0.0320. The standard InChI is InChI=1S/C69H135NO5/c1-3-5-7-9-11-13-15-17-18-36-39-43-47-51-55-59-63-69(74)75-64-60-56-52-48-44-40-37-34-32-30-28-26-24-22-20-19-21-23-25-27-29-31-33-35-38-42-46-50-54-58-62-68(73)70-66(65-71)67(72)61-57-53-49-45-41-16-14-12-10-8-6-4-2/h57,61,66-67,71-72H,3-56,58-60,62-65H2,1-2H3,(H,70,73)/b61-57+. The van der Waals surface area contributed by atoms with Gasteiger partial charge in [0.1, 0.15) is 0 Å². The molecule has 446 valence electrons. The van der Waals surface area contributed by atoms with Gasteiger partial charge in [-0.15, -0.1) is 0 Å². The van der Waals surface area contributed by atoms with Crippen LogP contribution in [0.3, 0.4) is 0 Å². The Morgan fingerprint density at radius 3 is 0.907 bits per heavy atom. The van der Waals surface area contributed by atoms with Crippen LogP contribution in [0.15, 0.2) is 12.2 Å². The van der Waals surface area contributed by atoms with Gasteiger partial charge >= 0.3 is 5.97 Å². The third-order valence-corrected chi connectivity index (χ3v) is 16.3. The van der Waals surface area contributed by atoms with Gasteiger partial charge in [0.25, 0.3) is 0 Å². The molecule has 0 heterocycles. The van der Waals surface area contributed by atoms with E-state index < -0.39 is 12.1 Å². The molecule has 0 aromatic rings. The Morgan fingerprint density at radius 2 is 0.613 bits per heavy atom. The molecule has 0 rings (SSSR count). The van der Waals surface area contributed by atoms with Crippen LogP contribution in [-0.4, -0.2) is 47.4 Å². The van der Waals surface area contributed by atoms with Gasteiger partial charge in [-0.25, -0.2) is 0 Å². The fourth-order valence-electron chi connectivity index (χ4n) is 11.1. The Kier molecular flexibility index (Phi) is 63.9. The van der Waals surface area contributed by atoms with E-state index in [0.717, 1.165) is 38.5 Å². The van der Waals surface area contributed by atoms with Crippen LogP contribution < -0.4 is 5.32 Å². The van der Waals surface area contributed by atoms with Crippen molar-refractivity contribution in [2.24, 2.45) is 0 Å². The van der Waals surface area contributed by atoms with E-state index in [1.165, 1.54) is 327 Å². The molecule has 0 bridgehead atoms. The molecule has 0 fully saturated rings. The largest absolute Gasteiger partial charge is 0.466 e. The number of ether oxygens (including phenoxy) is 1. The first kappa shape index (κ1) is 73.6. The minimum atomic E-state index is -0.840. The zero-order valence-electron chi connectivity index (χ0n) is 51.1. The number of unbranched alkanes of at least 4 members (excludes halogenated alkanes) is 54. The van der Waals surface area contributed by atoms with Crippen molar-refractivity contribution < 1.29 is 24.5 Å². The summed E-state index contributed by atoms with van der Waals surface area (Å²) in [7, 11) is 0. The van der Waals surface area contributed by atoms with Gasteiger partial charge in [0.2, 0.25) is 5.91 Å². The lowest BCUT2D eigenvalue weighted by Crippen LogP contribution is -2.45. The highest BCUT2D eigenvalue weighted by atomic mass is 16.5. The van der Waals surface area contributed by atoms with Gasteiger partial charge in [0.05, 0.1) is 25.4 Å². The van der Waals surface area contributed by atoms with Crippen LogP contribution in [0.4, 0.5) is 0 Å². The number of nitrogens with one attached hydrogen (secondary N) is 1. The highest BCUT2D eigenvalue weighted by Gasteiger charge is 2.18. The van der Waals surface area contributed by atoms with Crippen molar-refractivity contribution in [3.63, 3.8) is 0 Å². The second kappa shape index (κ2) is 65.1. The molecule has 0 aromatic carbocycles. The van der Waals surface area contributed by atoms with Crippen molar-refractivity contribution >= 4 is 11.9 Å². The van der Waals surface area contributed by atoms with Crippen molar-refractivity contribution in [2.75, 3.05) is 13.2 Å². The summed E-state index contributed by atoms with van der Waals surface area (Å²) in [5.74, 6) is -0.0387. The van der Waals surface area contributed by atoms with Crippen LogP contribution in [-0.2, 0) is 14.3 Å². The maximum atomic E-state index is 12.4. The lowest BCUT2D eigenvalue weighted by molar-refractivity contribution is -0.143. The molecule has 0 aromatic heterocycles. The molecule has 6 nitrogen and oxygen atoms in total. The van der Waals surface area contributed by atoms with Crippen LogP contribution >= 0.6 is 0 Å². The van der Waals surface area contributed by atoms with Crippen molar-refractivity contribution in [1.29, 1.82) is 0 Å². The highest BCUT2D eigenvalue weighted by molar-refractivity contribution is 5.76. The van der Waals surface area contributed by atoms with Crippen molar-refractivity contribution in [3.8, 4) is 0 Å². The SMILES string of the molecule is CCCCCCCCCCCC/C=C/C(O)C(CO)NC(=O)CCCCCCCCCCCCCCCCCCCCCCCCCCCCCCCCOC(=O)CCCCCCCCCCCCCCCCCC. The van der Waals surface area contributed by atoms with Gasteiger partial charge in [-0.3, -0.25) is 9.59 Å². The topological polar surface area (TPSA) is 95.9 Å². The van der Waals surface area contributed by atoms with E-state index in [2.05, 4.69) is 19.2 Å². The zero-order chi connectivity index (χ0) is 54.3. The maximum absolute atomic E-state index is 12.4. The number of allylic oxidation sites excluding steroid dienone is 1. The normalized spacial score (nSPS) is 12.5. The molecule has 6 heteroatoms. The Bertz CT molecular complexity index is 1130. The fourth-order valence-corrected chi connectivity index (χ4v) is 11.1. The Balaban J connectivity index is 3.31. The first-order valence-electron chi connectivity index (χ1n) is 34.5. The van der Waals surface area contributed by atoms with Crippen LogP contribution in [0.5, 0.6) is 0 Å². The molecule has 0 aliphatic carbocycles. The fraction of sp³-hybridized carbons (Fsp3) is 0.942. The first-order chi connectivity index (χ1) is 37.0. The predicted molar refractivity (Wildman–Crippen MR) is 329 cm³/mol. The summed E-state index contributed by atoms with van der Waals surface area (Å²) >= 11 is 0. The van der Waals surface area contributed by atoms with E-state index in [4.69, 9.17) is 4.74 Å². The Hall–Kier alpha value is -1.40. The summed E-state index contributed by atoms with van der Waals surface area (Å²) in [4.78, 5) is 24.5. The second-order valence-corrected chi connectivity index (χ2v) is 23.9. The van der Waals surface area contributed by atoms with E-state index in [9.17, 15) is 19.8 Å². The summed E-state index contributed by atoms with van der Waals surface area (Å²) in [6.07, 6.45) is 80.1. The third kappa shape index (κ3) is 61.7. The smallest absolute Gasteiger partial charge is 0.305 e. The number of hydrogen-bond donors (Lipinski definition) is 3. The third-order valence-electron chi connectivity index (χ3n) is 16.3. The number of carbonyl (C=O) groups excluding carboxylic acids is 2. The number of amides is 1. The number of rotatable bonds is 65. The molecule has 3 N–H and O–H groups in total. The number of hydrogen-bond acceptors (Lipinski definition) is 5. The minimum absolute atomic E-state index is 0.0240. The van der Waals surface area contributed by atoms with Crippen LogP contribution in [0.2, 0.25) is 0 Å². The molecular formula is C69H135NO5. The molecule has 0 saturated heterocycles. The van der Waals surface area contributed by atoms with Crippen molar-refractivity contribution in [2.45, 2.75) is 405 Å². The van der Waals surface area contributed by atoms with E-state index in [1.54, 1.807) is 6.08 Å². The van der Waals surface area contributed by atoms with Crippen LogP contribution in [0, 0.1) is 0 Å².